The predicted molar refractivity (Wildman–Crippen MR) is 193 cm³/mol. The van der Waals surface area contributed by atoms with Gasteiger partial charge in [-0.3, -0.25) is 0 Å². The molecule has 3 aromatic rings. The van der Waals surface area contributed by atoms with Crippen molar-refractivity contribution in [1.29, 1.82) is 0 Å². The Hall–Kier alpha value is -4.76. The maximum atomic E-state index is 6.68. The van der Waals surface area contributed by atoms with Crippen LogP contribution in [-0.4, -0.2) is 6.04 Å². The highest BCUT2D eigenvalue weighted by Gasteiger charge is 2.38. The first kappa shape index (κ1) is 28.7. The van der Waals surface area contributed by atoms with E-state index in [2.05, 4.69) is 139 Å². The fourth-order valence-electron chi connectivity index (χ4n) is 8.14. The van der Waals surface area contributed by atoms with Gasteiger partial charge in [0, 0.05) is 39.5 Å². The van der Waals surface area contributed by atoms with E-state index in [-0.39, 0.29) is 6.04 Å². The molecule has 0 amide bonds. The van der Waals surface area contributed by atoms with Crippen molar-refractivity contribution in [3.63, 3.8) is 0 Å². The van der Waals surface area contributed by atoms with Crippen LogP contribution in [0.4, 0.5) is 11.4 Å². The van der Waals surface area contributed by atoms with Crippen LogP contribution in [0.1, 0.15) is 68.8 Å². The molecular weight excluding hydrogens is 560 g/mol. The van der Waals surface area contributed by atoms with Gasteiger partial charge in [-0.05, 0) is 117 Å². The molecule has 2 atom stereocenters. The zero-order valence-corrected chi connectivity index (χ0v) is 26.8. The third-order valence-corrected chi connectivity index (χ3v) is 10.3. The second-order valence-electron chi connectivity index (χ2n) is 12.9. The van der Waals surface area contributed by atoms with Gasteiger partial charge in [0.1, 0.15) is 5.76 Å². The highest BCUT2D eigenvalue weighted by atomic mass is 16.3. The number of allylic oxidation sites excluding steroid dienone is 8. The molecule has 4 aliphatic carbocycles. The third kappa shape index (κ3) is 4.90. The molecule has 2 unspecified atom stereocenters. The van der Waals surface area contributed by atoms with E-state index >= 15 is 0 Å². The van der Waals surface area contributed by atoms with Crippen LogP contribution in [-0.2, 0) is 6.42 Å². The minimum Gasteiger partial charge on any atom is -0.455 e. The smallest absolute Gasteiger partial charge is 0.154 e. The van der Waals surface area contributed by atoms with E-state index in [1.807, 2.05) is 0 Å². The Kier molecular flexibility index (Phi) is 7.62. The maximum Gasteiger partial charge on any atom is 0.154 e. The Bertz CT molecular complexity index is 1980. The van der Waals surface area contributed by atoms with Crippen molar-refractivity contribution < 1.29 is 4.42 Å². The van der Waals surface area contributed by atoms with E-state index in [4.69, 9.17) is 4.42 Å². The van der Waals surface area contributed by atoms with Gasteiger partial charge in [0.05, 0.1) is 11.7 Å². The molecule has 5 aliphatic rings. The van der Waals surface area contributed by atoms with Crippen LogP contribution in [0.25, 0.3) is 23.4 Å². The molecule has 0 bridgehead atoms. The molecule has 0 N–H and O–H groups in total. The van der Waals surface area contributed by atoms with E-state index in [0.717, 1.165) is 62.5 Å². The van der Waals surface area contributed by atoms with Gasteiger partial charge in [-0.15, -0.1) is 6.58 Å². The molecule has 2 heterocycles. The summed E-state index contributed by atoms with van der Waals surface area (Å²) in [5, 5.41) is 1.31. The lowest BCUT2D eigenvalue weighted by Gasteiger charge is -2.33. The molecule has 2 aromatic carbocycles. The average molecular weight is 603 g/mol. The second kappa shape index (κ2) is 12.2. The third-order valence-electron chi connectivity index (χ3n) is 10.3. The highest BCUT2D eigenvalue weighted by molar-refractivity contribution is 5.78. The summed E-state index contributed by atoms with van der Waals surface area (Å²) in [7, 11) is 0. The Morgan fingerprint density at radius 2 is 1.70 bits per heavy atom. The topological polar surface area (TPSA) is 19.6 Å². The second-order valence-corrected chi connectivity index (χ2v) is 12.9. The summed E-state index contributed by atoms with van der Waals surface area (Å²) >= 11 is 0. The number of furan rings is 1. The van der Waals surface area contributed by atoms with E-state index in [1.165, 1.54) is 56.0 Å². The van der Waals surface area contributed by atoms with Gasteiger partial charge in [-0.25, -0.2) is 0 Å². The number of fused-ring (bicyclic) bond motifs is 3. The Balaban J connectivity index is 1.24. The molecule has 0 radical (unpaired) electrons. The molecule has 230 valence electrons. The lowest BCUT2D eigenvalue weighted by atomic mass is 9.89. The molecule has 46 heavy (non-hydrogen) atoms. The highest BCUT2D eigenvalue weighted by Crippen LogP contribution is 2.44. The Labute approximate surface area is 272 Å². The van der Waals surface area contributed by atoms with Crippen molar-refractivity contribution in [2.24, 2.45) is 5.92 Å². The van der Waals surface area contributed by atoms with Crippen molar-refractivity contribution in [1.82, 2.24) is 0 Å². The number of nitrogens with zero attached hydrogens (tertiary/aromatic N) is 2. The van der Waals surface area contributed by atoms with E-state index < -0.39 is 0 Å². The van der Waals surface area contributed by atoms with E-state index in [1.54, 1.807) is 0 Å². The molecule has 0 saturated carbocycles. The number of hydrogen-bond acceptors (Lipinski definition) is 3. The van der Waals surface area contributed by atoms with Crippen LogP contribution < -0.4 is 20.4 Å². The van der Waals surface area contributed by atoms with Crippen LogP contribution in [0.3, 0.4) is 0 Å². The normalized spacial score (nSPS) is 21.8. The van der Waals surface area contributed by atoms with Crippen LogP contribution in [0, 0.1) is 5.92 Å². The largest absolute Gasteiger partial charge is 0.455 e. The van der Waals surface area contributed by atoms with Crippen molar-refractivity contribution in [2.45, 2.75) is 64.3 Å². The summed E-state index contributed by atoms with van der Waals surface area (Å²) in [6, 6.07) is 20.3. The first-order valence-electron chi connectivity index (χ1n) is 17.1. The summed E-state index contributed by atoms with van der Waals surface area (Å²) in [5.74, 6) is 1.37. The fraction of sp³-hybridized carbons (Fsp3) is 0.256. The molecule has 1 aromatic heterocycles. The van der Waals surface area contributed by atoms with Gasteiger partial charge in [-0.2, -0.15) is 0 Å². The number of anilines is 2. The molecule has 8 rings (SSSR count). The van der Waals surface area contributed by atoms with Crippen molar-refractivity contribution in [3.05, 3.63) is 154 Å². The number of hydrogen-bond donors (Lipinski definition) is 0. The lowest BCUT2D eigenvalue weighted by Crippen LogP contribution is -2.36. The molecule has 3 nitrogen and oxygen atoms in total. The monoisotopic (exact) mass is 602 g/mol. The molecule has 3 heteroatoms. The van der Waals surface area contributed by atoms with E-state index in [9.17, 15) is 0 Å². The zero-order valence-electron chi connectivity index (χ0n) is 26.8. The summed E-state index contributed by atoms with van der Waals surface area (Å²) in [5.41, 5.74) is 13.0. The molecule has 0 spiro atoms. The minimum atomic E-state index is 0.244. The van der Waals surface area contributed by atoms with Gasteiger partial charge in [0.25, 0.3) is 0 Å². The summed E-state index contributed by atoms with van der Waals surface area (Å²) in [6.45, 7) is 6.37. The predicted octanol–water partition coefficient (Wildman–Crippen LogP) is 9.36. The van der Waals surface area contributed by atoms with Crippen molar-refractivity contribution in [3.8, 4) is 0 Å². The summed E-state index contributed by atoms with van der Waals surface area (Å²) in [4.78, 5) is 5.03. The van der Waals surface area contributed by atoms with Crippen molar-refractivity contribution >= 4 is 34.8 Å². The van der Waals surface area contributed by atoms with Crippen LogP contribution >= 0.6 is 0 Å². The Morgan fingerprint density at radius 3 is 2.48 bits per heavy atom. The molecular formula is C43H42N2O. The van der Waals surface area contributed by atoms with E-state index in [0.29, 0.717) is 5.92 Å². The zero-order chi connectivity index (χ0) is 31.0. The summed E-state index contributed by atoms with van der Waals surface area (Å²) < 4.78 is 6.68. The van der Waals surface area contributed by atoms with Crippen LogP contribution in [0.15, 0.2) is 131 Å². The minimum absolute atomic E-state index is 0.244. The van der Waals surface area contributed by atoms with Gasteiger partial charge in [-0.1, -0.05) is 72.9 Å². The quantitative estimate of drug-likeness (QED) is 0.251. The van der Waals surface area contributed by atoms with Crippen LogP contribution in [0.5, 0.6) is 0 Å². The van der Waals surface area contributed by atoms with Gasteiger partial charge in [0.15, 0.2) is 5.42 Å². The molecule has 0 fully saturated rings. The van der Waals surface area contributed by atoms with Crippen molar-refractivity contribution in [2.75, 3.05) is 9.80 Å². The first-order valence-corrected chi connectivity index (χ1v) is 17.1. The Morgan fingerprint density at radius 1 is 0.870 bits per heavy atom. The first-order chi connectivity index (χ1) is 22.7. The van der Waals surface area contributed by atoms with Gasteiger partial charge in [0.2, 0.25) is 0 Å². The summed E-state index contributed by atoms with van der Waals surface area (Å²) in [6.07, 6.45) is 31.1. The lowest BCUT2D eigenvalue weighted by molar-refractivity contribution is 0.510. The molecule has 0 saturated heterocycles. The number of rotatable bonds is 7. The van der Waals surface area contributed by atoms with Gasteiger partial charge >= 0.3 is 0 Å². The SMILES string of the molecule is C=CC1C2=C(C=CCC2)N(c2ccc(N(C3=CC=C(c4ccccc4)CC3)C3=c4oc5c(c4=CCC3)CCC=C5)cc2)C1/C=C\C. The maximum absolute atomic E-state index is 6.68. The molecule has 1 aliphatic heterocycles. The fourth-order valence-corrected chi connectivity index (χ4v) is 8.14. The van der Waals surface area contributed by atoms with Gasteiger partial charge < -0.3 is 14.2 Å². The van der Waals surface area contributed by atoms with Crippen LogP contribution in [0.2, 0.25) is 0 Å². The average Bonchev–Trinajstić information content (AvgIpc) is 3.65. The number of benzene rings is 2. The standard InChI is InChI=1S/C43H42N2O/c1-3-13-39-35(4-2)36-16-8-10-19-40(36)45(39)34-28-26-33(27-29-34)44(32-24-22-31(23-25-32)30-14-6-5-7-15-30)41-20-12-18-38-37-17-9-11-21-42(37)46-43(38)41/h3-7,10-11,13-15,18-19,21-22,24,26-29,35,39H,2,8-9,12,16-17,20,23,25H2,1H3/b13-3-.